The summed E-state index contributed by atoms with van der Waals surface area (Å²) < 4.78 is 17.5. The van der Waals surface area contributed by atoms with Crippen LogP contribution in [0.25, 0.3) is 0 Å². The smallest absolute Gasteiger partial charge is 0.222 e. The van der Waals surface area contributed by atoms with Gasteiger partial charge < -0.3 is 14.0 Å². The summed E-state index contributed by atoms with van der Waals surface area (Å²) in [5, 5.41) is 4.23. The maximum Gasteiger partial charge on any atom is 0.222 e. The number of aromatic nitrogens is 1. The summed E-state index contributed by atoms with van der Waals surface area (Å²) >= 11 is 0. The Morgan fingerprint density at radius 3 is 2.41 bits per heavy atom. The van der Waals surface area contributed by atoms with Crippen LogP contribution in [0.15, 0.2) is 70.2 Å². The molecule has 0 saturated heterocycles. The quantitative estimate of drug-likeness (QED) is 0.578. The first-order valence-electron chi connectivity index (χ1n) is 9.96. The average molecular weight is 390 g/mol. The van der Waals surface area contributed by atoms with Crippen LogP contribution < -0.4 is 0 Å². The van der Waals surface area contributed by atoms with Gasteiger partial charge in [0.25, 0.3) is 0 Å². The van der Waals surface area contributed by atoms with Crippen LogP contribution >= 0.6 is 0 Å². The van der Waals surface area contributed by atoms with Gasteiger partial charge in [-0.1, -0.05) is 72.7 Å². The summed E-state index contributed by atoms with van der Waals surface area (Å²) in [4.78, 5) is 4.86. The fourth-order valence-electron chi connectivity index (χ4n) is 3.84. The normalized spacial score (nSPS) is 19.6. The molecule has 3 aromatic rings. The van der Waals surface area contributed by atoms with Gasteiger partial charge in [-0.05, 0) is 24.5 Å². The van der Waals surface area contributed by atoms with E-state index in [1.807, 2.05) is 31.2 Å². The highest BCUT2D eigenvalue weighted by atomic mass is 16.5. The maximum atomic E-state index is 6.35. The van der Waals surface area contributed by atoms with Crippen LogP contribution in [0.3, 0.4) is 0 Å². The van der Waals surface area contributed by atoms with Gasteiger partial charge in [0.05, 0.1) is 12.3 Å². The van der Waals surface area contributed by atoms with E-state index in [-0.39, 0.29) is 18.1 Å². The Labute approximate surface area is 171 Å². The molecule has 5 nitrogen and oxygen atoms in total. The zero-order chi connectivity index (χ0) is 20.2. The van der Waals surface area contributed by atoms with E-state index < -0.39 is 0 Å². The minimum atomic E-state index is -0.183. The molecule has 0 fully saturated rings. The van der Waals surface area contributed by atoms with Crippen LogP contribution in [0.4, 0.5) is 0 Å². The van der Waals surface area contributed by atoms with Gasteiger partial charge in [-0.3, -0.25) is 0 Å². The standard InChI is InChI=1S/C24H26N2O3/c1-16(14-18-10-6-4-7-11-18)22-21(17(2)26-29-22)24-25-20(15-27-3)23(28-24)19-12-8-5-9-13-19/h4-13,16,20,23H,14-15H2,1-3H3/t16-,20-,23-/m0/s1. The van der Waals surface area contributed by atoms with E-state index in [0.717, 1.165) is 29.0 Å². The summed E-state index contributed by atoms with van der Waals surface area (Å²) in [5.74, 6) is 1.56. The summed E-state index contributed by atoms with van der Waals surface area (Å²) in [6, 6.07) is 20.4. The van der Waals surface area contributed by atoms with Crippen LogP contribution in [0.5, 0.6) is 0 Å². The van der Waals surface area contributed by atoms with Crippen LogP contribution in [0.2, 0.25) is 0 Å². The minimum absolute atomic E-state index is 0.107. The summed E-state index contributed by atoms with van der Waals surface area (Å²) in [5.41, 5.74) is 4.01. The van der Waals surface area contributed by atoms with Gasteiger partial charge in [0.2, 0.25) is 5.90 Å². The first-order chi connectivity index (χ1) is 14.2. The summed E-state index contributed by atoms with van der Waals surface area (Å²) in [6.45, 7) is 4.57. The molecule has 29 heavy (non-hydrogen) atoms. The lowest BCUT2D eigenvalue weighted by molar-refractivity contribution is 0.120. The maximum absolute atomic E-state index is 6.35. The van der Waals surface area contributed by atoms with Crippen molar-refractivity contribution in [2.24, 2.45) is 4.99 Å². The van der Waals surface area contributed by atoms with Crippen LogP contribution in [-0.4, -0.2) is 30.8 Å². The molecular formula is C24H26N2O3. The molecule has 2 heterocycles. The van der Waals surface area contributed by atoms with Gasteiger partial charge in [-0.15, -0.1) is 0 Å². The molecule has 5 heteroatoms. The number of hydrogen-bond donors (Lipinski definition) is 0. The third-order valence-electron chi connectivity index (χ3n) is 5.27. The highest BCUT2D eigenvalue weighted by molar-refractivity contribution is 5.97. The molecule has 1 aromatic heterocycles. The monoisotopic (exact) mass is 390 g/mol. The molecule has 0 unspecified atom stereocenters. The summed E-state index contributed by atoms with van der Waals surface area (Å²) in [7, 11) is 1.69. The lowest BCUT2D eigenvalue weighted by Gasteiger charge is -2.17. The van der Waals surface area contributed by atoms with Crippen molar-refractivity contribution in [1.82, 2.24) is 5.16 Å². The van der Waals surface area contributed by atoms with E-state index in [1.165, 1.54) is 5.56 Å². The first-order valence-corrected chi connectivity index (χ1v) is 9.96. The molecule has 0 aliphatic carbocycles. The van der Waals surface area contributed by atoms with Crippen LogP contribution in [0, 0.1) is 6.92 Å². The molecule has 0 saturated carbocycles. The highest BCUT2D eigenvalue weighted by Gasteiger charge is 2.36. The fourth-order valence-corrected chi connectivity index (χ4v) is 3.84. The third kappa shape index (κ3) is 4.10. The van der Waals surface area contributed by atoms with Crippen molar-refractivity contribution < 1.29 is 14.0 Å². The Balaban J connectivity index is 1.63. The molecule has 2 aromatic carbocycles. The van der Waals surface area contributed by atoms with Crippen molar-refractivity contribution in [2.75, 3.05) is 13.7 Å². The highest BCUT2D eigenvalue weighted by Crippen LogP contribution is 2.35. The second kappa shape index (κ2) is 8.62. The van der Waals surface area contributed by atoms with E-state index in [1.54, 1.807) is 7.11 Å². The number of benzene rings is 2. The van der Waals surface area contributed by atoms with Crippen molar-refractivity contribution in [3.05, 3.63) is 88.8 Å². The van der Waals surface area contributed by atoms with Gasteiger partial charge in [0.1, 0.15) is 11.6 Å². The number of ether oxygens (including phenoxy) is 2. The molecule has 1 aliphatic rings. The zero-order valence-corrected chi connectivity index (χ0v) is 17.0. The number of methoxy groups -OCH3 is 1. The number of aliphatic imine (C=N–C) groups is 1. The van der Waals surface area contributed by atoms with E-state index >= 15 is 0 Å². The molecule has 1 aliphatic heterocycles. The molecule has 3 atom stereocenters. The van der Waals surface area contributed by atoms with Crippen molar-refractivity contribution in [1.29, 1.82) is 0 Å². The molecule has 0 radical (unpaired) electrons. The van der Waals surface area contributed by atoms with E-state index in [9.17, 15) is 0 Å². The molecular weight excluding hydrogens is 364 g/mol. The SMILES string of the molecule is COC[C@@H]1N=C(c2c(C)noc2[C@@H](C)Cc2ccccc2)O[C@H]1c1ccccc1. The Bertz CT molecular complexity index is 966. The second-order valence-corrected chi connectivity index (χ2v) is 7.50. The molecule has 0 N–H and O–H groups in total. The van der Waals surface area contributed by atoms with Gasteiger partial charge in [-0.25, -0.2) is 4.99 Å². The van der Waals surface area contributed by atoms with Gasteiger partial charge >= 0.3 is 0 Å². The number of aryl methyl sites for hydroxylation is 1. The predicted molar refractivity (Wildman–Crippen MR) is 112 cm³/mol. The number of hydrogen-bond acceptors (Lipinski definition) is 5. The summed E-state index contributed by atoms with van der Waals surface area (Å²) in [6.07, 6.45) is 0.678. The Morgan fingerprint density at radius 1 is 1.03 bits per heavy atom. The molecule has 4 rings (SSSR count). The molecule has 0 amide bonds. The molecule has 0 bridgehead atoms. The number of rotatable bonds is 7. The first kappa shape index (κ1) is 19.4. The van der Waals surface area contributed by atoms with E-state index in [4.69, 9.17) is 19.0 Å². The Hall–Kier alpha value is -2.92. The van der Waals surface area contributed by atoms with Crippen molar-refractivity contribution in [3.8, 4) is 0 Å². The largest absolute Gasteiger partial charge is 0.467 e. The zero-order valence-electron chi connectivity index (χ0n) is 17.0. The fraction of sp³-hybridized carbons (Fsp3) is 0.333. The molecule has 0 spiro atoms. The van der Waals surface area contributed by atoms with Gasteiger partial charge in [-0.2, -0.15) is 0 Å². The minimum Gasteiger partial charge on any atom is -0.467 e. The third-order valence-corrected chi connectivity index (χ3v) is 5.27. The van der Waals surface area contributed by atoms with Crippen molar-refractivity contribution >= 4 is 5.90 Å². The Kier molecular flexibility index (Phi) is 5.76. The number of nitrogens with zero attached hydrogens (tertiary/aromatic N) is 2. The van der Waals surface area contributed by atoms with Crippen LogP contribution in [0.1, 0.15) is 47.1 Å². The molecule has 150 valence electrons. The second-order valence-electron chi connectivity index (χ2n) is 7.50. The predicted octanol–water partition coefficient (Wildman–Crippen LogP) is 4.86. The van der Waals surface area contributed by atoms with E-state index in [0.29, 0.717) is 12.5 Å². The van der Waals surface area contributed by atoms with Crippen molar-refractivity contribution in [3.63, 3.8) is 0 Å². The lowest BCUT2D eigenvalue weighted by atomic mass is 9.95. The Morgan fingerprint density at radius 2 is 1.72 bits per heavy atom. The van der Waals surface area contributed by atoms with Crippen molar-refractivity contribution in [2.45, 2.75) is 38.3 Å². The van der Waals surface area contributed by atoms with Crippen LogP contribution in [-0.2, 0) is 15.9 Å². The van der Waals surface area contributed by atoms with Gasteiger partial charge in [0, 0.05) is 13.0 Å². The average Bonchev–Trinajstić information content (AvgIpc) is 3.33. The van der Waals surface area contributed by atoms with E-state index in [2.05, 4.69) is 48.5 Å². The van der Waals surface area contributed by atoms with Gasteiger partial charge in [0.15, 0.2) is 11.9 Å². The topological polar surface area (TPSA) is 56.9 Å². The lowest BCUT2D eigenvalue weighted by Crippen LogP contribution is -2.19.